The minimum Gasteiger partial charge on any atom is -0.449 e. The molecule has 1 aliphatic heterocycles. The molecule has 1 heterocycles. The van der Waals surface area contributed by atoms with E-state index in [4.69, 9.17) is 4.74 Å². The zero-order chi connectivity index (χ0) is 12.4. The van der Waals surface area contributed by atoms with E-state index in [-0.39, 0.29) is 11.7 Å². The molecule has 7 heteroatoms. The quantitative estimate of drug-likeness (QED) is 0.672. The van der Waals surface area contributed by atoms with Crippen LogP contribution in [-0.2, 0) is 4.74 Å². The molecule has 1 atom stereocenters. The van der Waals surface area contributed by atoms with Crippen molar-refractivity contribution in [2.75, 3.05) is 6.61 Å². The van der Waals surface area contributed by atoms with Crippen molar-refractivity contribution in [3.05, 3.63) is 38.3 Å². The highest BCUT2D eigenvalue weighted by molar-refractivity contribution is 9.10. The fourth-order valence-corrected chi connectivity index (χ4v) is 2.05. The molecule has 1 amide bonds. The molecule has 0 saturated carbocycles. The van der Waals surface area contributed by atoms with E-state index in [9.17, 15) is 14.9 Å². The standard InChI is InChI=1S/C10H9BrN2O4/c11-7-2-1-6(5-9(7)13(15)16)8-3-4-17-10(14)12-8/h1-2,5,8H,3-4H2,(H,12,14)/t8-/m0/s1. The molecule has 1 N–H and O–H groups in total. The first-order chi connectivity index (χ1) is 8.08. The Hall–Kier alpha value is -1.63. The van der Waals surface area contributed by atoms with Crippen LogP contribution in [0.15, 0.2) is 22.7 Å². The molecule has 0 radical (unpaired) electrons. The molecule has 1 fully saturated rings. The third-order valence-electron chi connectivity index (χ3n) is 2.50. The summed E-state index contributed by atoms with van der Waals surface area (Å²) < 4.78 is 5.16. The number of nitro benzene ring substituents is 1. The molecule has 0 spiro atoms. The Bertz CT molecular complexity index is 477. The van der Waals surface area contributed by atoms with E-state index in [0.29, 0.717) is 23.1 Å². The Kier molecular flexibility index (Phi) is 3.28. The van der Waals surface area contributed by atoms with Crippen LogP contribution in [0.25, 0.3) is 0 Å². The number of rotatable bonds is 2. The predicted molar refractivity (Wildman–Crippen MR) is 62.6 cm³/mol. The zero-order valence-corrected chi connectivity index (χ0v) is 10.3. The lowest BCUT2D eigenvalue weighted by Gasteiger charge is -2.23. The van der Waals surface area contributed by atoms with Crippen molar-refractivity contribution in [1.82, 2.24) is 5.32 Å². The Labute approximate surface area is 105 Å². The molecule has 0 aromatic heterocycles. The van der Waals surface area contributed by atoms with E-state index in [0.717, 1.165) is 0 Å². The molecule has 90 valence electrons. The van der Waals surface area contributed by atoms with Gasteiger partial charge in [0, 0.05) is 12.5 Å². The van der Waals surface area contributed by atoms with Gasteiger partial charge in [0.05, 0.1) is 22.0 Å². The number of nitrogens with one attached hydrogen (secondary N) is 1. The Morgan fingerprint density at radius 2 is 2.29 bits per heavy atom. The molecule has 0 unspecified atom stereocenters. The summed E-state index contributed by atoms with van der Waals surface area (Å²) in [5.74, 6) is 0. The van der Waals surface area contributed by atoms with Gasteiger partial charge in [-0.05, 0) is 27.6 Å². The summed E-state index contributed by atoms with van der Waals surface area (Å²) >= 11 is 3.11. The largest absolute Gasteiger partial charge is 0.449 e. The second-order valence-corrected chi connectivity index (χ2v) is 4.44. The molecule has 1 saturated heterocycles. The van der Waals surface area contributed by atoms with Crippen molar-refractivity contribution in [2.45, 2.75) is 12.5 Å². The van der Waals surface area contributed by atoms with Gasteiger partial charge in [0.15, 0.2) is 0 Å². The van der Waals surface area contributed by atoms with Crippen LogP contribution in [0.4, 0.5) is 10.5 Å². The predicted octanol–water partition coefficient (Wildman–Crippen LogP) is 2.53. The lowest BCUT2D eigenvalue weighted by atomic mass is 10.0. The van der Waals surface area contributed by atoms with Gasteiger partial charge in [-0.15, -0.1) is 0 Å². The summed E-state index contributed by atoms with van der Waals surface area (Å²) in [6, 6.07) is 4.58. The second-order valence-electron chi connectivity index (χ2n) is 3.59. The second kappa shape index (κ2) is 4.70. The third kappa shape index (κ3) is 2.55. The summed E-state index contributed by atoms with van der Waals surface area (Å²) in [6.45, 7) is 0.320. The number of alkyl carbamates (subject to hydrolysis) is 1. The highest BCUT2D eigenvalue weighted by Crippen LogP contribution is 2.29. The van der Waals surface area contributed by atoms with E-state index >= 15 is 0 Å². The van der Waals surface area contributed by atoms with Crippen LogP contribution in [0, 0.1) is 10.1 Å². The average Bonchev–Trinajstić information content (AvgIpc) is 2.29. The highest BCUT2D eigenvalue weighted by atomic mass is 79.9. The van der Waals surface area contributed by atoms with Crippen LogP contribution in [0.1, 0.15) is 18.0 Å². The number of benzene rings is 1. The molecule has 17 heavy (non-hydrogen) atoms. The smallest absolute Gasteiger partial charge is 0.407 e. The Morgan fingerprint density at radius 3 is 2.94 bits per heavy atom. The molecular formula is C10H9BrN2O4. The summed E-state index contributed by atoms with van der Waals surface area (Å²) in [6.07, 6.45) is 0.108. The molecule has 0 aliphatic carbocycles. The van der Waals surface area contributed by atoms with Gasteiger partial charge in [-0.2, -0.15) is 0 Å². The molecular weight excluding hydrogens is 292 g/mol. The van der Waals surface area contributed by atoms with E-state index in [1.54, 1.807) is 12.1 Å². The van der Waals surface area contributed by atoms with Gasteiger partial charge < -0.3 is 10.1 Å². The van der Waals surface area contributed by atoms with Crippen LogP contribution in [-0.4, -0.2) is 17.6 Å². The number of halogens is 1. The number of carbonyl (C=O) groups excluding carboxylic acids is 1. The first-order valence-corrected chi connectivity index (χ1v) is 5.74. The van der Waals surface area contributed by atoms with Crippen molar-refractivity contribution >= 4 is 27.7 Å². The van der Waals surface area contributed by atoms with E-state index in [2.05, 4.69) is 21.2 Å². The SMILES string of the molecule is O=C1N[C@H](c2ccc(Br)c([N+](=O)[O-])c2)CCO1. The zero-order valence-electron chi connectivity index (χ0n) is 8.68. The van der Waals surface area contributed by atoms with Gasteiger partial charge in [-0.3, -0.25) is 10.1 Å². The van der Waals surface area contributed by atoms with E-state index < -0.39 is 11.0 Å². The van der Waals surface area contributed by atoms with Crippen molar-refractivity contribution in [1.29, 1.82) is 0 Å². The lowest BCUT2D eigenvalue weighted by molar-refractivity contribution is -0.385. The van der Waals surface area contributed by atoms with Crippen LogP contribution in [0.2, 0.25) is 0 Å². The molecule has 1 aromatic carbocycles. The molecule has 1 aliphatic rings. The molecule has 6 nitrogen and oxygen atoms in total. The van der Waals surface area contributed by atoms with Crippen molar-refractivity contribution in [3.63, 3.8) is 0 Å². The summed E-state index contributed by atoms with van der Waals surface area (Å²) in [7, 11) is 0. The average molecular weight is 301 g/mol. The molecule has 1 aromatic rings. The lowest BCUT2D eigenvalue weighted by Crippen LogP contribution is -2.35. The van der Waals surface area contributed by atoms with E-state index in [1.165, 1.54) is 6.07 Å². The van der Waals surface area contributed by atoms with Gasteiger partial charge in [0.2, 0.25) is 0 Å². The highest BCUT2D eigenvalue weighted by Gasteiger charge is 2.23. The Balaban J connectivity index is 2.29. The fourth-order valence-electron chi connectivity index (χ4n) is 1.66. The van der Waals surface area contributed by atoms with Gasteiger partial charge in [-0.25, -0.2) is 4.79 Å². The van der Waals surface area contributed by atoms with Crippen LogP contribution in [0.5, 0.6) is 0 Å². The Morgan fingerprint density at radius 1 is 1.53 bits per heavy atom. The molecule has 0 bridgehead atoms. The maximum Gasteiger partial charge on any atom is 0.407 e. The minimum atomic E-state index is -0.494. The number of carbonyl (C=O) groups is 1. The fraction of sp³-hybridized carbons (Fsp3) is 0.300. The van der Waals surface area contributed by atoms with Crippen molar-refractivity contribution in [2.24, 2.45) is 0 Å². The van der Waals surface area contributed by atoms with Gasteiger partial charge >= 0.3 is 6.09 Å². The number of hydrogen-bond acceptors (Lipinski definition) is 4. The summed E-state index contributed by atoms with van der Waals surface area (Å²) in [4.78, 5) is 21.4. The number of cyclic esters (lactones) is 1. The molecule has 2 rings (SSSR count). The summed E-state index contributed by atoms with van der Waals surface area (Å²) in [5, 5.41) is 13.4. The normalized spacial score (nSPS) is 19.4. The van der Waals surface area contributed by atoms with Crippen LogP contribution < -0.4 is 5.32 Å². The monoisotopic (exact) mass is 300 g/mol. The van der Waals surface area contributed by atoms with Crippen LogP contribution in [0.3, 0.4) is 0 Å². The van der Waals surface area contributed by atoms with Gasteiger partial charge in [-0.1, -0.05) is 6.07 Å². The van der Waals surface area contributed by atoms with Gasteiger partial charge in [0.1, 0.15) is 0 Å². The number of ether oxygens (including phenoxy) is 1. The number of nitrogens with zero attached hydrogens (tertiary/aromatic N) is 1. The van der Waals surface area contributed by atoms with E-state index in [1.807, 2.05) is 0 Å². The van der Waals surface area contributed by atoms with Crippen LogP contribution >= 0.6 is 15.9 Å². The first-order valence-electron chi connectivity index (χ1n) is 4.95. The topological polar surface area (TPSA) is 81.5 Å². The minimum absolute atomic E-state index is 0.0109. The number of nitro groups is 1. The maximum atomic E-state index is 11.1. The number of amides is 1. The van der Waals surface area contributed by atoms with Gasteiger partial charge in [0.25, 0.3) is 5.69 Å². The van der Waals surface area contributed by atoms with Crippen molar-refractivity contribution in [3.8, 4) is 0 Å². The maximum absolute atomic E-state index is 11.1. The third-order valence-corrected chi connectivity index (χ3v) is 3.17. The first kappa shape index (κ1) is 11.8. The van der Waals surface area contributed by atoms with Crippen molar-refractivity contribution < 1.29 is 14.5 Å². The number of hydrogen-bond donors (Lipinski definition) is 1. The summed E-state index contributed by atoms with van der Waals surface area (Å²) in [5.41, 5.74) is 0.694.